The number of nitrogens with one attached hydrogen (secondary N) is 1. The summed E-state index contributed by atoms with van der Waals surface area (Å²) < 4.78 is 11.3. The standard InChI is InChI=1S/C27H29N5O4/c1-16(2)35-24-9-6-17(12-18(24)13-28)27-30-26(31-36-27)22-5-3-4-21-20(22)7-8-23(21)29-14-25(34)32-11-10-19(33)15-32/h3-6,9,12,16,19,23,29,33H,7-8,10-11,14-15H2,1-2H3/t19?,23-/m1/s1. The number of aromatic nitrogens is 2. The van der Waals surface area contributed by atoms with Gasteiger partial charge >= 0.3 is 0 Å². The number of fused-ring (bicyclic) bond motifs is 1. The van der Waals surface area contributed by atoms with Crippen molar-refractivity contribution in [3.63, 3.8) is 0 Å². The first kappa shape index (κ1) is 24.0. The number of aliphatic hydroxyl groups excluding tert-OH is 1. The number of benzene rings is 2. The van der Waals surface area contributed by atoms with Gasteiger partial charge in [0.25, 0.3) is 5.89 Å². The summed E-state index contributed by atoms with van der Waals surface area (Å²) in [6.45, 7) is 5.08. The average molecular weight is 488 g/mol. The van der Waals surface area contributed by atoms with Crippen LogP contribution in [0.15, 0.2) is 40.9 Å². The summed E-state index contributed by atoms with van der Waals surface area (Å²) in [4.78, 5) is 18.8. The number of ether oxygens (including phenoxy) is 1. The lowest BCUT2D eigenvalue weighted by molar-refractivity contribution is -0.129. The molecule has 1 amide bonds. The van der Waals surface area contributed by atoms with Crippen LogP contribution in [0.2, 0.25) is 0 Å². The smallest absolute Gasteiger partial charge is 0.258 e. The molecule has 1 unspecified atom stereocenters. The molecule has 9 heteroatoms. The second-order valence-corrected chi connectivity index (χ2v) is 9.54. The summed E-state index contributed by atoms with van der Waals surface area (Å²) in [6.07, 6.45) is 1.89. The lowest BCUT2D eigenvalue weighted by atomic mass is 10.0. The summed E-state index contributed by atoms with van der Waals surface area (Å²) >= 11 is 0. The van der Waals surface area contributed by atoms with Gasteiger partial charge in [0.15, 0.2) is 0 Å². The van der Waals surface area contributed by atoms with Gasteiger partial charge in [-0.25, -0.2) is 0 Å². The van der Waals surface area contributed by atoms with Gasteiger partial charge in [-0.2, -0.15) is 10.2 Å². The maximum atomic E-state index is 12.5. The Morgan fingerprint density at radius 3 is 2.94 bits per heavy atom. The lowest BCUT2D eigenvalue weighted by Crippen LogP contribution is -2.38. The van der Waals surface area contributed by atoms with Crippen LogP contribution in [0.4, 0.5) is 0 Å². The normalized spacial score (nSPS) is 18.9. The zero-order valence-corrected chi connectivity index (χ0v) is 20.4. The van der Waals surface area contributed by atoms with Crippen LogP contribution in [0, 0.1) is 11.3 Å². The first-order valence-electron chi connectivity index (χ1n) is 12.3. The second-order valence-electron chi connectivity index (χ2n) is 9.54. The number of β-amino-alcohol motifs (C(OH)–C–C–N with tert-alkyl or cyclic N) is 1. The number of carbonyl (C=O) groups is 1. The number of aliphatic hydroxyl groups is 1. The Kier molecular flexibility index (Phi) is 6.72. The third-order valence-electron chi connectivity index (χ3n) is 6.66. The Labute approximate surface area is 209 Å². The van der Waals surface area contributed by atoms with Crippen LogP contribution < -0.4 is 10.1 Å². The first-order valence-corrected chi connectivity index (χ1v) is 12.3. The number of amides is 1. The van der Waals surface area contributed by atoms with Crippen molar-refractivity contribution >= 4 is 5.91 Å². The number of rotatable bonds is 7. The van der Waals surface area contributed by atoms with E-state index in [2.05, 4.69) is 27.6 Å². The van der Waals surface area contributed by atoms with Gasteiger partial charge < -0.3 is 24.6 Å². The van der Waals surface area contributed by atoms with E-state index in [9.17, 15) is 15.2 Å². The zero-order chi connectivity index (χ0) is 25.2. The molecule has 186 valence electrons. The highest BCUT2D eigenvalue weighted by atomic mass is 16.5. The first-order chi connectivity index (χ1) is 17.4. The van der Waals surface area contributed by atoms with Gasteiger partial charge in [0.05, 0.1) is 24.3 Å². The highest BCUT2D eigenvalue weighted by molar-refractivity contribution is 5.78. The van der Waals surface area contributed by atoms with Gasteiger partial charge in [0.1, 0.15) is 11.8 Å². The van der Waals surface area contributed by atoms with Crippen molar-refractivity contribution in [3.05, 3.63) is 53.1 Å². The highest BCUT2D eigenvalue weighted by Crippen LogP contribution is 2.37. The number of carbonyl (C=O) groups excluding carboxylic acids is 1. The van der Waals surface area contributed by atoms with Gasteiger partial charge in [0.2, 0.25) is 11.7 Å². The molecule has 2 aliphatic rings. The molecule has 3 aromatic rings. The Bertz CT molecular complexity index is 1310. The molecule has 2 atom stereocenters. The molecule has 0 bridgehead atoms. The van der Waals surface area contributed by atoms with E-state index in [1.165, 1.54) is 0 Å². The maximum Gasteiger partial charge on any atom is 0.258 e. The fourth-order valence-corrected chi connectivity index (χ4v) is 4.92. The van der Waals surface area contributed by atoms with E-state index >= 15 is 0 Å². The van der Waals surface area contributed by atoms with Crippen molar-refractivity contribution in [2.75, 3.05) is 19.6 Å². The van der Waals surface area contributed by atoms with Crippen molar-refractivity contribution in [3.8, 4) is 34.7 Å². The summed E-state index contributed by atoms with van der Waals surface area (Å²) in [5.41, 5.74) is 4.24. The molecule has 1 aliphatic heterocycles. The van der Waals surface area contributed by atoms with Crippen LogP contribution in [-0.2, 0) is 11.2 Å². The van der Waals surface area contributed by atoms with E-state index in [1.54, 1.807) is 17.0 Å². The molecule has 0 spiro atoms. The van der Waals surface area contributed by atoms with E-state index in [-0.39, 0.29) is 24.6 Å². The molecule has 2 heterocycles. The molecule has 1 saturated heterocycles. The Morgan fingerprint density at radius 1 is 1.33 bits per heavy atom. The molecule has 1 fully saturated rings. The summed E-state index contributed by atoms with van der Waals surface area (Å²) in [5, 5.41) is 26.8. The molecule has 1 aromatic heterocycles. The SMILES string of the molecule is CC(C)Oc1ccc(-c2nc(-c3cccc4c3CC[C@H]4NCC(=O)N3CCC(O)C3)no2)cc1C#N. The highest BCUT2D eigenvalue weighted by Gasteiger charge is 2.29. The van der Waals surface area contributed by atoms with Crippen molar-refractivity contribution in [2.45, 2.75) is 51.4 Å². The third kappa shape index (κ3) is 4.83. The number of nitriles is 1. The second kappa shape index (κ2) is 10.1. The molecular formula is C27H29N5O4. The van der Waals surface area contributed by atoms with Crippen LogP contribution in [0.25, 0.3) is 22.8 Å². The van der Waals surface area contributed by atoms with E-state index < -0.39 is 6.10 Å². The quantitative estimate of drug-likeness (QED) is 0.520. The molecule has 0 radical (unpaired) electrons. The van der Waals surface area contributed by atoms with Crippen molar-refractivity contribution < 1.29 is 19.2 Å². The molecule has 0 saturated carbocycles. The Morgan fingerprint density at radius 2 is 2.19 bits per heavy atom. The van der Waals surface area contributed by atoms with Gasteiger partial charge in [-0.05, 0) is 62.4 Å². The van der Waals surface area contributed by atoms with E-state index in [1.807, 2.05) is 32.0 Å². The molecule has 1 aliphatic carbocycles. The largest absolute Gasteiger partial charge is 0.490 e. The van der Waals surface area contributed by atoms with Crippen LogP contribution in [0.3, 0.4) is 0 Å². The molecule has 36 heavy (non-hydrogen) atoms. The number of hydrogen-bond acceptors (Lipinski definition) is 8. The Balaban J connectivity index is 1.32. The summed E-state index contributed by atoms with van der Waals surface area (Å²) in [6, 6.07) is 13.5. The monoisotopic (exact) mass is 487 g/mol. The predicted molar refractivity (Wildman–Crippen MR) is 132 cm³/mol. The fraction of sp³-hybridized carbons (Fsp3) is 0.407. The van der Waals surface area contributed by atoms with Gasteiger partial charge in [-0.15, -0.1) is 0 Å². The zero-order valence-electron chi connectivity index (χ0n) is 20.4. The summed E-state index contributed by atoms with van der Waals surface area (Å²) in [7, 11) is 0. The molecule has 5 rings (SSSR count). The topological polar surface area (TPSA) is 125 Å². The summed E-state index contributed by atoms with van der Waals surface area (Å²) in [5.74, 6) is 1.36. The van der Waals surface area contributed by atoms with Gasteiger partial charge in [-0.1, -0.05) is 23.4 Å². The molecule has 2 aromatic carbocycles. The minimum Gasteiger partial charge on any atom is -0.490 e. The average Bonchev–Trinajstić information content (AvgIpc) is 3.62. The molecule has 9 nitrogen and oxygen atoms in total. The van der Waals surface area contributed by atoms with Crippen molar-refractivity contribution in [1.82, 2.24) is 20.4 Å². The number of likely N-dealkylation sites (tertiary alicyclic amines) is 1. The predicted octanol–water partition coefficient (Wildman–Crippen LogP) is 3.23. The maximum absolute atomic E-state index is 12.5. The van der Waals surface area contributed by atoms with Crippen LogP contribution in [0.5, 0.6) is 5.75 Å². The number of hydrogen-bond donors (Lipinski definition) is 2. The molecule has 2 N–H and O–H groups in total. The lowest BCUT2D eigenvalue weighted by Gasteiger charge is -2.19. The molecular weight excluding hydrogens is 458 g/mol. The van der Waals surface area contributed by atoms with E-state index in [0.29, 0.717) is 48.1 Å². The fourth-order valence-electron chi connectivity index (χ4n) is 4.92. The Hall–Kier alpha value is -3.74. The van der Waals surface area contributed by atoms with Crippen molar-refractivity contribution in [2.24, 2.45) is 0 Å². The van der Waals surface area contributed by atoms with E-state index in [4.69, 9.17) is 9.26 Å². The minimum absolute atomic E-state index is 0.0144. The van der Waals surface area contributed by atoms with Crippen molar-refractivity contribution in [1.29, 1.82) is 5.26 Å². The minimum atomic E-state index is -0.415. The van der Waals surface area contributed by atoms with Crippen LogP contribution in [-0.4, -0.2) is 57.9 Å². The van der Waals surface area contributed by atoms with Gasteiger partial charge in [0, 0.05) is 30.3 Å². The van der Waals surface area contributed by atoms with Crippen LogP contribution in [0.1, 0.15) is 49.4 Å². The van der Waals surface area contributed by atoms with Gasteiger partial charge in [-0.3, -0.25) is 4.79 Å². The van der Waals surface area contributed by atoms with Crippen LogP contribution >= 0.6 is 0 Å². The number of nitrogens with zero attached hydrogens (tertiary/aromatic N) is 4. The third-order valence-corrected chi connectivity index (χ3v) is 6.66. The van der Waals surface area contributed by atoms with E-state index in [0.717, 1.165) is 29.5 Å².